The van der Waals surface area contributed by atoms with Crippen LogP contribution in [0.25, 0.3) is 10.6 Å². The molecule has 2 rings (SSSR count). The SMILES string of the molecule is COc1ccc(-c2nnc(CCCN)s2)cc1Br. The van der Waals surface area contributed by atoms with Gasteiger partial charge in [-0.1, -0.05) is 11.3 Å². The van der Waals surface area contributed by atoms with E-state index in [1.54, 1.807) is 18.4 Å². The Bertz CT molecular complexity index is 530. The first-order valence-corrected chi connectivity index (χ1v) is 7.22. The Morgan fingerprint density at radius 2 is 2.22 bits per heavy atom. The molecule has 0 atom stereocenters. The third-order valence-electron chi connectivity index (χ3n) is 2.46. The van der Waals surface area contributed by atoms with Crippen LogP contribution in [0.4, 0.5) is 0 Å². The van der Waals surface area contributed by atoms with Gasteiger partial charge in [0.25, 0.3) is 0 Å². The molecule has 18 heavy (non-hydrogen) atoms. The second-order valence-electron chi connectivity index (χ2n) is 3.74. The van der Waals surface area contributed by atoms with Gasteiger partial charge in [-0.25, -0.2) is 0 Å². The zero-order valence-corrected chi connectivity index (χ0v) is 12.4. The molecule has 0 amide bonds. The molecule has 96 valence electrons. The minimum atomic E-state index is 0.684. The first-order chi connectivity index (χ1) is 8.74. The summed E-state index contributed by atoms with van der Waals surface area (Å²) >= 11 is 5.08. The minimum Gasteiger partial charge on any atom is -0.496 e. The number of rotatable bonds is 5. The van der Waals surface area contributed by atoms with Crippen molar-refractivity contribution in [3.8, 4) is 16.3 Å². The fraction of sp³-hybridized carbons (Fsp3) is 0.333. The molecule has 6 heteroatoms. The van der Waals surface area contributed by atoms with Gasteiger partial charge in [0.05, 0.1) is 11.6 Å². The van der Waals surface area contributed by atoms with Crippen LogP contribution in [0.5, 0.6) is 5.75 Å². The molecular formula is C12H14BrN3OS. The second-order valence-corrected chi connectivity index (χ2v) is 5.66. The quantitative estimate of drug-likeness (QED) is 0.917. The van der Waals surface area contributed by atoms with E-state index in [2.05, 4.69) is 26.1 Å². The smallest absolute Gasteiger partial charge is 0.147 e. The van der Waals surface area contributed by atoms with Crippen LogP contribution < -0.4 is 10.5 Å². The topological polar surface area (TPSA) is 61.0 Å². The highest BCUT2D eigenvalue weighted by Crippen LogP contribution is 2.31. The van der Waals surface area contributed by atoms with E-state index in [0.29, 0.717) is 6.54 Å². The lowest BCUT2D eigenvalue weighted by Crippen LogP contribution is -1.99. The number of nitrogens with two attached hydrogens (primary N) is 1. The van der Waals surface area contributed by atoms with Crippen LogP contribution in [0.3, 0.4) is 0 Å². The maximum absolute atomic E-state index is 5.48. The van der Waals surface area contributed by atoms with Crippen molar-refractivity contribution in [2.75, 3.05) is 13.7 Å². The summed E-state index contributed by atoms with van der Waals surface area (Å²) in [5, 5.41) is 10.3. The molecule has 2 N–H and O–H groups in total. The van der Waals surface area contributed by atoms with Gasteiger partial charge in [-0.15, -0.1) is 10.2 Å². The van der Waals surface area contributed by atoms with Crippen molar-refractivity contribution >= 4 is 27.3 Å². The Hall–Kier alpha value is -0.980. The van der Waals surface area contributed by atoms with Gasteiger partial charge in [0.1, 0.15) is 15.8 Å². The third-order valence-corrected chi connectivity index (χ3v) is 4.11. The van der Waals surface area contributed by atoms with E-state index >= 15 is 0 Å². The van der Waals surface area contributed by atoms with Crippen molar-refractivity contribution in [2.45, 2.75) is 12.8 Å². The fourth-order valence-electron chi connectivity index (χ4n) is 1.52. The van der Waals surface area contributed by atoms with Crippen molar-refractivity contribution < 1.29 is 4.74 Å². The van der Waals surface area contributed by atoms with Crippen molar-refractivity contribution in [1.29, 1.82) is 0 Å². The monoisotopic (exact) mass is 327 g/mol. The Morgan fingerprint density at radius 3 is 2.89 bits per heavy atom. The summed E-state index contributed by atoms with van der Waals surface area (Å²) in [4.78, 5) is 0. The molecule has 4 nitrogen and oxygen atoms in total. The Morgan fingerprint density at radius 1 is 1.39 bits per heavy atom. The Kier molecular flexibility index (Phi) is 4.68. The number of ether oxygens (including phenoxy) is 1. The zero-order valence-electron chi connectivity index (χ0n) is 10.0. The Labute approximate surface area is 118 Å². The predicted molar refractivity (Wildman–Crippen MR) is 77.0 cm³/mol. The number of methoxy groups -OCH3 is 1. The van der Waals surface area contributed by atoms with Gasteiger partial charge in [0.15, 0.2) is 0 Å². The highest BCUT2D eigenvalue weighted by atomic mass is 79.9. The van der Waals surface area contributed by atoms with E-state index in [9.17, 15) is 0 Å². The molecule has 0 radical (unpaired) electrons. The maximum Gasteiger partial charge on any atom is 0.147 e. The molecule has 1 aromatic heterocycles. The third kappa shape index (κ3) is 3.07. The first kappa shape index (κ1) is 13.5. The van der Waals surface area contributed by atoms with Gasteiger partial charge in [0, 0.05) is 12.0 Å². The molecule has 1 heterocycles. The highest BCUT2D eigenvalue weighted by molar-refractivity contribution is 9.10. The zero-order chi connectivity index (χ0) is 13.0. The molecule has 0 aliphatic carbocycles. The van der Waals surface area contributed by atoms with E-state index in [4.69, 9.17) is 10.5 Å². The average molecular weight is 328 g/mol. The number of nitrogens with zero attached hydrogens (tertiary/aromatic N) is 2. The molecule has 0 saturated heterocycles. The number of benzene rings is 1. The lowest BCUT2D eigenvalue weighted by molar-refractivity contribution is 0.412. The summed E-state index contributed by atoms with van der Waals surface area (Å²) in [6.45, 7) is 0.684. The molecular weight excluding hydrogens is 314 g/mol. The summed E-state index contributed by atoms with van der Waals surface area (Å²) in [6, 6.07) is 5.89. The lowest BCUT2D eigenvalue weighted by atomic mass is 10.2. The number of aromatic nitrogens is 2. The summed E-state index contributed by atoms with van der Waals surface area (Å²) in [5.41, 5.74) is 6.52. The van der Waals surface area contributed by atoms with E-state index in [-0.39, 0.29) is 0 Å². The van der Waals surface area contributed by atoms with Gasteiger partial charge < -0.3 is 10.5 Å². The largest absolute Gasteiger partial charge is 0.496 e. The van der Waals surface area contributed by atoms with Crippen molar-refractivity contribution in [3.63, 3.8) is 0 Å². The van der Waals surface area contributed by atoms with E-state index in [1.807, 2.05) is 18.2 Å². The molecule has 0 bridgehead atoms. The van der Waals surface area contributed by atoms with Gasteiger partial charge in [-0.05, 0) is 47.1 Å². The molecule has 1 aromatic carbocycles. The van der Waals surface area contributed by atoms with Gasteiger partial charge in [0.2, 0.25) is 0 Å². The molecule has 0 saturated carbocycles. The summed E-state index contributed by atoms with van der Waals surface area (Å²) in [6.07, 6.45) is 1.84. The summed E-state index contributed by atoms with van der Waals surface area (Å²) in [5.74, 6) is 0.812. The van der Waals surface area contributed by atoms with Crippen LogP contribution in [0.2, 0.25) is 0 Å². The molecule has 2 aromatic rings. The van der Waals surface area contributed by atoms with Gasteiger partial charge in [-0.3, -0.25) is 0 Å². The van der Waals surface area contributed by atoms with Crippen molar-refractivity contribution in [2.24, 2.45) is 5.73 Å². The molecule has 0 aliphatic heterocycles. The van der Waals surface area contributed by atoms with Crippen LogP contribution in [0, 0.1) is 0 Å². The van der Waals surface area contributed by atoms with Crippen molar-refractivity contribution in [1.82, 2.24) is 10.2 Å². The van der Waals surface area contributed by atoms with Crippen molar-refractivity contribution in [3.05, 3.63) is 27.7 Å². The van der Waals surface area contributed by atoms with Gasteiger partial charge in [-0.2, -0.15) is 0 Å². The molecule has 0 unspecified atom stereocenters. The van der Waals surface area contributed by atoms with Crippen LogP contribution in [0.15, 0.2) is 22.7 Å². The first-order valence-electron chi connectivity index (χ1n) is 5.61. The number of hydrogen-bond donors (Lipinski definition) is 1. The van der Waals surface area contributed by atoms with E-state index < -0.39 is 0 Å². The number of halogens is 1. The molecule has 0 fully saturated rings. The standard InChI is InChI=1S/C12H14BrN3OS/c1-17-10-5-4-8(7-9(10)13)12-16-15-11(18-12)3-2-6-14/h4-5,7H,2-3,6,14H2,1H3. The number of aryl methyl sites for hydroxylation is 1. The van der Waals surface area contributed by atoms with E-state index in [0.717, 1.165) is 38.6 Å². The Balaban J connectivity index is 2.20. The van der Waals surface area contributed by atoms with Crippen LogP contribution in [-0.2, 0) is 6.42 Å². The maximum atomic E-state index is 5.48. The fourth-order valence-corrected chi connectivity index (χ4v) is 2.94. The second kappa shape index (κ2) is 6.26. The van der Waals surface area contributed by atoms with Crippen LogP contribution >= 0.6 is 27.3 Å². The highest BCUT2D eigenvalue weighted by Gasteiger charge is 2.08. The molecule has 0 aliphatic rings. The summed E-state index contributed by atoms with van der Waals surface area (Å²) in [7, 11) is 1.65. The number of hydrogen-bond acceptors (Lipinski definition) is 5. The van der Waals surface area contributed by atoms with Crippen LogP contribution in [-0.4, -0.2) is 23.9 Å². The van der Waals surface area contributed by atoms with E-state index in [1.165, 1.54) is 0 Å². The average Bonchev–Trinajstić information content (AvgIpc) is 2.85. The predicted octanol–water partition coefficient (Wildman–Crippen LogP) is 2.87. The normalized spacial score (nSPS) is 10.6. The van der Waals surface area contributed by atoms with Gasteiger partial charge >= 0.3 is 0 Å². The minimum absolute atomic E-state index is 0.684. The van der Waals surface area contributed by atoms with Crippen LogP contribution in [0.1, 0.15) is 11.4 Å². The molecule has 0 spiro atoms. The summed E-state index contributed by atoms with van der Waals surface area (Å²) < 4.78 is 6.12. The lowest BCUT2D eigenvalue weighted by Gasteiger charge is -2.03.